The van der Waals surface area contributed by atoms with Crippen LogP contribution in [0.2, 0.25) is 0 Å². The van der Waals surface area contributed by atoms with Gasteiger partial charge in [0.25, 0.3) is 0 Å². The Balaban J connectivity index is 3.77. The minimum Gasteiger partial charge on any atom is -0.477 e. The second kappa shape index (κ2) is 15.6. The van der Waals surface area contributed by atoms with Crippen molar-refractivity contribution in [1.82, 2.24) is 0 Å². The standard InChI is InChI=1S/C24H44O5/c1-5-6-7-8-9-10-11-12-13-14-15-16-17-18-19-20-21(25)24(28,22(26)27)29-23(2,3)4/h12-13,28H,5-11,14-20H2,1-4H3,(H,26,27)/b13-12-. The lowest BCUT2D eigenvalue weighted by atomic mass is 10.0. The number of allylic oxidation sites excluding steroid dienone is 2. The van der Waals surface area contributed by atoms with Crippen LogP contribution in [-0.2, 0) is 14.3 Å². The molecular formula is C24H44O5. The van der Waals surface area contributed by atoms with Crippen LogP contribution in [0.25, 0.3) is 0 Å². The zero-order chi connectivity index (χ0) is 22.2. The molecule has 0 aliphatic rings. The van der Waals surface area contributed by atoms with Gasteiger partial charge in [-0.25, -0.2) is 4.79 Å². The Hall–Kier alpha value is -1.20. The SMILES string of the molecule is CCCCCCCC/C=C\CCCCCCCC(=O)C(O)(OC(C)(C)C)C(=O)O. The van der Waals surface area contributed by atoms with Gasteiger partial charge in [-0.05, 0) is 52.9 Å². The smallest absolute Gasteiger partial charge is 0.372 e. The van der Waals surface area contributed by atoms with Crippen LogP contribution in [0, 0.1) is 0 Å². The van der Waals surface area contributed by atoms with Gasteiger partial charge in [-0.3, -0.25) is 4.79 Å². The van der Waals surface area contributed by atoms with Crippen molar-refractivity contribution in [2.24, 2.45) is 0 Å². The third-order valence-electron chi connectivity index (χ3n) is 4.79. The molecule has 0 saturated heterocycles. The number of carboxylic acid groups (broad SMARTS) is 1. The summed E-state index contributed by atoms with van der Waals surface area (Å²) in [5.74, 6) is -5.18. The summed E-state index contributed by atoms with van der Waals surface area (Å²) >= 11 is 0. The Bertz CT molecular complexity index is 478. The molecule has 0 heterocycles. The number of hydrogen-bond donors (Lipinski definition) is 2. The van der Waals surface area contributed by atoms with Gasteiger partial charge in [0.05, 0.1) is 5.60 Å². The van der Waals surface area contributed by atoms with Crippen LogP contribution < -0.4 is 0 Å². The fourth-order valence-electron chi connectivity index (χ4n) is 3.19. The number of carboxylic acids is 1. The lowest BCUT2D eigenvalue weighted by Gasteiger charge is -2.30. The molecule has 0 bridgehead atoms. The number of unbranched alkanes of at least 4 members (excludes halogenated alkanes) is 11. The molecule has 0 amide bonds. The van der Waals surface area contributed by atoms with E-state index in [4.69, 9.17) is 4.74 Å². The molecule has 170 valence electrons. The van der Waals surface area contributed by atoms with Gasteiger partial charge in [-0.2, -0.15) is 0 Å². The summed E-state index contributed by atoms with van der Waals surface area (Å²) in [6, 6.07) is 0. The van der Waals surface area contributed by atoms with Gasteiger partial charge in [0, 0.05) is 6.42 Å². The van der Waals surface area contributed by atoms with E-state index in [1.54, 1.807) is 20.8 Å². The van der Waals surface area contributed by atoms with Crippen LogP contribution in [0.15, 0.2) is 12.2 Å². The Kier molecular flexibility index (Phi) is 15.0. The number of carbonyl (C=O) groups is 2. The summed E-state index contributed by atoms with van der Waals surface area (Å²) in [6.45, 7) is 7.06. The highest BCUT2D eigenvalue weighted by atomic mass is 16.7. The van der Waals surface area contributed by atoms with E-state index in [0.717, 1.165) is 32.1 Å². The molecule has 5 heteroatoms. The molecule has 0 rings (SSSR count). The molecule has 0 fully saturated rings. The van der Waals surface area contributed by atoms with Crippen LogP contribution in [0.3, 0.4) is 0 Å². The third kappa shape index (κ3) is 14.4. The maximum atomic E-state index is 12.2. The van der Waals surface area contributed by atoms with Crippen molar-refractivity contribution in [1.29, 1.82) is 0 Å². The third-order valence-corrected chi connectivity index (χ3v) is 4.79. The summed E-state index contributed by atoms with van der Waals surface area (Å²) in [6.07, 6.45) is 19.5. The number of ketones is 1. The largest absolute Gasteiger partial charge is 0.477 e. The summed E-state index contributed by atoms with van der Waals surface area (Å²) in [7, 11) is 0. The van der Waals surface area contributed by atoms with Gasteiger partial charge >= 0.3 is 11.8 Å². The number of carbonyl (C=O) groups excluding carboxylic acids is 1. The van der Waals surface area contributed by atoms with E-state index < -0.39 is 23.1 Å². The predicted octanol–water partition coefficient (Wildman–Crippen LogP) is 6.18. The van der Waals surface area contributed by atoms with Crippen molar-refractivity contribution in [3.63, 3.8) is 0 Å². The van der Waals surface area contributed by atoms with Crippen molar-refractivity contribution in [2.75, 3.05) is 0 Å². The highest BCUT2D eigenvalue weighted by molar-refractivity contribution is 6.04. The first-order chi connectivity index (χ1) is 13.6. The highest BCUT2D eigenvalue weighted by Crippen LogP contribution is 2.22. The molecular weight excluding hydrogens is 368 g/mol. The average Bonchev–Trinajstić information content (AvgIpc) is 2.63. The van der Waals surface area contributed by atoms with Crippen LogP contribution in [-0.4, -0.2) is 33.4 Å². The molecule has 1 unspecified atom stereocenters. The fraction of sp³-hybridized carbons (Fsp3) is 0.833. The molecule has 0 aromatic rings. The van der Waals surface area contributed by atoms with Gasteiger partial charge in [0.2, 0.25) is 5.78 Å². The number of aliphatic carboxylic acids is 1. The van der Waals surface area contributed by atoms with Crippen molar-refractivity contribution in [3.8, 4) is 0 Å². The second-order valence-electron chi connectivity index (χ2n) is 8.92. The summed E-state index contributed by atoms with van der Waals surface area (Å²) in [4.78, 5) is 23.5. The lowest BCUT2D eigenvalue weighted by molar-refractivity contribution is -0.246. The minimum atomic E-state index is -2.75. The zero-order valence-electron chi connectivity index (χ0n) is 19.2. The monoisotopic (exact) mass is 412 g/mol. The Labute approximate surface area is 177 Å². The first kappa shape index (κ1) is 27.8. The second-order valence-corrected chi connectivity index (χ2v) is 8.92. The topological polar surface area (TPSA) is 83.8 Å². The average molecular weight is 413 g/mol. The molecule has 2 N–H and O–H groups in total. The Morgan fingerprint density at radius 3 is 1.69 bits per heavy atom. The molecule has 0 spiro atoms. The molecule has 29 heavy (non-hydrogen) atoms. The number of ether oxygens (including phenoxy) is 1. The number of rotatable bonds is 18. The van der Waals surface area contributed by atoms with E-state index in [1.165, 1.54) is 44.9 Å². The summed E-state index contributed by atoms with van der Waals surface area (Å²) in [5.41, 5.74) is -0.925. The van der Waals surface area contributed by atoms with Crippen molar-refractivity contribution in [2.45, 2.75) is 129 Å². The quantitative estimate of drug-likeness (QED) is 0.121. The minimum absolute atomic E-state index is 0.0110. The van der Waals surface area contributed by atoms with E-state index in [0.29, 0.717) is 6.42 Å². The van der Waals surface area contributed by atoms with E-state index in [1.807, 2.05) is 0 Å². The van der Waals surface area contributed by atoms with Gasteiger partial charge < -0.3 is 14.9 Å². The van der Waals surface area contributed by atoms with E-state index >= 15 is 0 Å². The molecule has 0 aliphatic carbocycles. The van der Waals surface area contributed by atoms with Crippen LogP contribution in [0.1, 0.15) is 118 Å². The first-order valence-corrected chi connectivity index (χ1v) is 11.5. The molecule has 1 atom stereocenters. The maximum Gasteiger partial charge on any atom is 0.372 e. The first-order valence-electron chi connectivity index (χ1n) is 11.5. The van der Waals surface area contributed by atoms with Gasteiger partial charge in [0.15, 0.2) is 0 Å². The summed E-state index contributed by atoms with van der Waals surface area (Å²) in [5, 5.41) is 19.3. The molecule has 0 aliphatic heterocycles. The fourth-order valence-corrected chi connectivity index (χ4v) is 3.19. The molecule has 0 radical (unpaired) electrons. The van der Waals surface area contributed by atoms with Crippen molar-refractivity contribution in [3.05, 3.63) is 12.2 Å². The lowest BCUT2D eigenvalue weighted by Crippen LogP contribution is -2.53. The Morgan fingerprint density at radius 1 is 0.793 bits per heavy atom. The molecule has 0 aromatic carbocycles. The van der Waals surface area contributed by atoms with Gasteiger partial charge in [-0.15, -0.1) is 0 Å². The van der Waals surface area contributed by atoms with Gasteiger partial charge in [0.1, 0.15) is 0 Å². The van der Waals surface area contributed by atoms with Crippen LogP contribution in [0.5, 0.6) is 0 Å². The molecule has 0 saturated carbocycles. The number of hydrogen-bond acceptors (Lipinski definition) is 4. The van der Waals surface area contributed by atoms with E-state index in [2.05, 4.69) is 19.1 Å². The predicted molar refractivity (Wildman–Crippen MR) is 118 cm³/mol. The number of aliphatic hydroxyl groups is 1. The highest BCUT2D eigenvalue weighted by Gasteiger charge is 2.47. The van der Waals surface area contributed by atoms with E-state index in [9.17, 15) is 19.8 Å². The maximum absolute atomic E-state index is 12.2. The van der Waals surface area contributed by atoms with Crippen molar-refractivity contribution >= 4 is 11.8 Å². The number of Topliss-reactive ketones (excluding diaryl/α,β-unsaturated/α-hetero) is 1. The molecule has 0 aromatic heterocycles. The normalized spacial score (nSPS) is 14.2. The van der Waals surface area contributed by atoms with Crippen molar-refractivity contribution < 1.29 is 24.5 Å². The summed E-state index contributed by atoms with van der Waals surface area (Å²) < 4.78 is 5.12. The zero-order valence-corrected chi connectivity index (χ0v) is 19.2. The Morgan fingerprint density at radius 2 is 1.24 bits per heavy atom. The van der Waals surface area contributed by atoms with E-state index in [-0.39, 0.29) is 6.42 Å². The van der Waals surface area contributed by atoms with Gasteiger partial charge in [-0.1, -0.05) is 70.4 Å². The molecule has 5 nitrogen and oxygen atoms in total. The van der Waals surface area contributed by atoms with Crippen LogP contribution >= 0.6 is 0 Å². The van der Waals surface area contributed by atoms with Crippen LogP contribution in [0.4, 0.5) is 0 Å².